The maximum Gasteiger partial charge on any atom is 0.147 e. The lowest BCUT2D eigenvalue weighted by atomic mass is 10.0. The fourth-order valence-electron chi connectivity index (χ4n) is 2.67. The molecule has 1 aliphatic rings. The van der Waals surface area contributed by atoms with E-state index in [1.807, 2.05) is 12.3 Å². The third-order valence-electron chi connectivity index (χ3n) is 3.86. The molecule has 0 fully saturated rings. The van der Waals surface area contributed by atoms with Gasteiger partial charge in [-0.1, -0.05) is 0 Å². The van der Waals surface area contributed by atoms with Gasteiger partial charge in [-0.2, -0.15) is 0 Å². The van der Waals surface area contributed by atoms with Gasteiger partial charge < -0.3 is 10.1 Å². The Bertz CT molecular complexity index is 822. The highest BCUT2D eigenvalue weighted by Crippen LogP contribution is 2.27. The summed E-state index contributed by atoms with van der Waals surface area (Å²) in [5, 5.41) is 3.30. The van der Waals surface area contributed by atoms with Gasteiger partial charge in [0.2, 0.25) is 0 Å². The summed E-state index contributed by atoms with van der Waals surface area (Å²) in [6.45, 7) is 1.32. The predicted molar refractivity (Wildman–Crippen MR) is 94.1 cm³/mol. The van der Waals surface area contributed by atoms with Crippen LogP contribution in [0.15, 0.2) is 30.7 Å². The Labute approximate surface area is 142 Å². The van der Waals surface area contributed by atoms with Crippen LogP contribution in [0.4, 0.5) is 5.82 Å². The highest BCUT2D eigenvalue weighted by Gasteiger charge is 2.11. The average Bonchev–Trinajstić information content (AvgIpc) is 2.58. The molecule has 3 rings (SSSR count). The van der Waals surface area contributed by atoms with Crippen molar-refractivity contribution in [2.45, 2.75) is 19.3 Å². The van der Waals surface area contributed by atoms with Crippen LogP contribution in [0.25, 0.3) is 11.1 Å². The van der Waals surface area contributed by atoms with Crippen LogP contribution in [0.2, 0.25) is 0 Å². The second kappa shape index (κ2) is 7.17. The molecule has 3 heterocycles. The number of fused-ring (bicyclic) bond motifs is 1. The smallest absolute Gasteiger partial charge is 0.147 e. The van der Waals surface area contributed by atoms with E-state index >= 15 is 0 Å². The molecule has 0 bridgehead atoms. The molecule has 0 unspecified atom stereocenters. The third-order valence-corrected chi connectivity index (χ3v) is 4.89. The van der Waals surface area contributed by atoms with Gasteiger partial charge in [0, 0.05) is 36.3 Å². The molecular formula is C17H21N3O3S. The monoisotopic (exact) mass is 347 g/mol. The topological polar surface area (TPSA) is 81.2 Å². The molecule has 2 aromatic rings. The minimum absolute atomic E-state index is 0.127. The van der Waals surface area contributed by atoms with Gasteiger partial charge >= 0.3 is 0 Å². The number of aryl methyl sites for hydroxylation is 1. The first-order valence-electron chi connectivity index (χ1n) is 8.00. The molecule has 0 atom stereocenters. The van der Waals surface area contributed by atoms with E-state index in [-0.39, 0.29) is 5.75 Å². The minimum Gasteiger partial charge on any atom is -0.492 e. The number of rotatable bonds is 6. The van der Waals surface area contributed by atoms with Crippen molar-refractivity contribution < 1.29 is 13.2 Å². The SMILES string of the molecule is CS(=O)(=O)CCCOc1cncc(-c2cnc3c(c2)CCCN3)c1. The predicted octanol–water partition coefficient (Wildman–Crippen LogP) is 2.32. The van der Waals surface area contributed by atoms with Crippen molar-refractivity contribution in [3.63, 3.8) is 0 Å². The molecule has 0 spiro atoms. The zero-order valence-corrected chi connectivity index (χ0v) is 14.5. The van der Waals surface area contributed by atoms with Crippen LogP contribution in [0.1, 0.15) is 18.4 Å². The lowest BCUT2D eigenvalue weighted by molar-refractivity contribution is 0.316. The number of ether oxygens (including phenoxy) is 1. The maximum absolute atomic E-state index is 11.1. The van der Waals surface area contributed by atoms with E-state index in [2.05, 4.69) is 21.4 Å². The summed E-state index contributed by atoms with van der Waals surface area (Å²) in [5.74, 6) is 1.73. The largest absolute Gasteiger partial charge is 0.492 e. The molecule has 6 nitrogen and oxygen atoms in total. The van der Waals surface area contributed by atoms with Crippen molar-refractivity contribution in [2.24, 2.45) is 0 Å². The molecule has 0 saturated carbocycles. The number of hydrogen-bond acceptors (Lipinski definition) is 6. The van der Waals surface area contributed by atoms with Crippen molar-refractivity contribution in [2.75, 3.05) is 30.5 Å². The van der Waals surface area contributed by atoms with Gasteiger partial charge in [0.25, 0.3) is 0 Å². The first kappa shape index (κ1) is 16.7. The van der Waals surface area contributed by atoms with E-state index < -0.39 is 9.84 Å². The van der Waals surface area contributed by atoms with E-state index in [0.717, 1.165) is 36.3 Å². The number of nitrogens with one attached hydrogen (secondary N) is 1. The second-order valence-electron chi connectivity index (χ2n) is 6.00. The average molecular weight is 347 g/mol. The first-order chi connectivity index (χ1) is 11.5. The van der Waals surface area contributed by atoms with E-state index in [4.69, 9.17) is 4.74 Å². The summed E-state index contributed by atoms with van der Waals surface area (Å²) in [5.41, 5.74) is 3.17. The molecule has 128 valence electrons. The molecule has 24 heavy (non-hydrogen) atoms. The Morgan fingerprint density at radius 2 is 2.04 bits per heavy atom. The molecule has 0 amide bonds. The molecule has 1 N–H and O–H groups in total. The number of sulfone groups is 1. The molecule has 1 aliphatic heterocycles. The zero-order chi connectivity index (χ0) is 17.0. The van der Waals surface area contributed by atoms with Crippen LogP contribution >= 0.6 is 0 Å². The molecule has 0 aliphatic carbocycles. The van der Waals surface area contributed by atoms with Gasteiger partial charge in [-0.05, 0) is 37.0 Å². The van der Waals surface area contributed by atoms with Crippen molar-refractivity contribution >= 4 is 15.7 Å². The summed E-state index contributed by atoms with van der Waals surface area (Å²) in [6.07, 6.45) is 9.09. The van der Waals surface area contributed by atoms with Gasteiger partial charge in [0.15, 0.2) is 0 Å². The van der Waals surface area contributed by atoms with Crippen LogP contribution in [-0.4, -0.2) is 43.5 Å². The van der Waals surface area contributed by atoms with Crippen molar-refractivity contribution in [3.8, 4) is 16.9 Å². The molecule has 7 heteroatoms. The first-order valence-corrected chi connectivity index (χ1v) is 10.1. The van der Waals surface area contributed by atoms with E-state index in [0.29, 0.717) is 18.8 Å². The Kier molecular flexibility index (Phi) is 4.99. The standard InChI is InChI=1S/C17H21N3O3S/c1-24(21,22)7-3-6-23-16-9-15(10-18-12-16)14-8-13-4-2-5-19-17(13)20-11-14/h8-12H,2-7H2,1H3,(H,19,20). The summed E-state index contributed by atoms with van der Waals surface area (Å²) in [6, 6.07) is 4.05. The van der Waals surface area contributed by atoms with Crippen LogP contribution < -0.4 is 10.1 Å². The van der Waals surface area contributed by atoms with Crippen molar-refractivity contribution in [3.05, 3.63) is 36.3 Å². The van der Waals surface area contributed by atoms with Crippen LogP contribution in [0, 0.1) is 0 Å². The summed E-state index contributed by atoms with van der Waals surface area (Å²) >= 11 is 0. The number of anilines is 1. The zero-order valence-electron chi connectivity index (χ0n) is 13.7. The van der Waals surface area contributed by atoms with Gasteiger partial charge in [0.05, 0.1) is 18.6 Å². The van der Waals surface area contributed by atoms with E-state index in [9.17, 15) is 8.42 Å². The number of hydrogen-bond donors (Lipinski definition) is 1. The fourth-order valence-corrected chi connectivity index (χ4v) is 3.31. The Hall–Kier alpha value is -2.15. The number of pyridine rings is 2. The van der Waals surface area contributed by atoms with E-state index in [1.54, 1.807) is 12.4 Å². The molecule has 2 aromatic heterocycles. The molecular weight excluding hydrogens is 326 g/mol. The normalized spacial score (nSPS) is 13.9. The highest BCUT2D eigenvalue weighted by atomic mass is 32.2. The lowest BCUT2D eigenvalue weighted by Crippen LogP contribution is -2.13. The van der Waals surface area contributed by atoms with Crippen LogP contribution in [-0.2, 0) is 16.3 Å². The van der Waals surface area contributed by atoms with Gasteiger partial charge in [0.1, 0.15) is 21.4 Å². The van der Waals surface area contributed by atoms with Crippen LogP contribution in [0.5, 0.6) is 5.75 Å². The van der Waals surface area contributed by atoms with Crippen LogP contribution in [0.3, 0.4) is 0 Å². The molecule has 0 saturated heterocycles. The summed E-state index contributed by atoms with van der Waals surface area (Å²) in [4.78, 5) is 8.70. The van der Waals surface area contributed by atoms with Gasteiger partial charge in [-0.15, -0.1) is 0 Å². The number of aromatic nitrogens is 2. The van der Waals surface area contributed by atoms with Crippen molar-refractivity contribution in [1.82, 2.24) is 9.97 Å². The summed E-state index contributed by atoms with van der Waals surface area (Å²) < 4.78 is 27.9. The Morgan fingerprint density at radius 3 is 2.88 bits per heavy atom. The summed E-state index contributed by atoms with van der Waals surface area (Å²) in [7, 11) is -2.95. The van der Waals surface area contributed by atoms with Gasteiger partial charge in [-0.3, -0.25) is 4.98 Å². The van der Waals surface area contributed by atoms with Crippen molar-refractivity contribution in [1.29, 1.82) is 0 Å². The molecule has 0 aromatic carbocycles. The lowest BCUT2D eigenvalue weighted by Gasteiger charge is -2.17. The minimum atomic E-state index is -2.95. The quantitative estimate of drug-likeness (QED) is 0.808. The Morgan fingerprint density at radius 1 is 1.21 bits per heavy atom. The highest BCUT2D eigenvalue weighted by molar-refractivity contribution is 7.90. The number of nitrogens with zero attached hydrogens (tertiary/aromatic N) is 2. The maximum atomic E-state index is 11.1. The fraction of sp³-hybridized carbons (Fsp3) is 0.412. The second-order valence-corrected chi connectivity index (χ2v) is 8.26. The third kappa shape index (κ3) is 4.44. The van der Waals surface area contributed by atoms with Gasteiger partial charge in [-0.25, -0.2) is 13.4 Å². The molecule has 0 radical (unpaired) electrons. The van der Waals surface area contributed by atoms with E-state index in [1.165, 1.54) is 11.8 Å². The Balaban J connectivity index is 1.69.